The lowest BCUT2D eigenvalue weighted by atomic mass is 10.2. The summed E-state index contributed by atoms with van der Waals surface area (Å²) >= 11 is 6.48. The molecule has 0 spiro atoms. The first-order chi connectivity index (χ1) is 13.1. The Morgan fingerprint density at radius 3 is 2.52 bits per heavy atom. The molecule has 148 valence electrons. The molecule has 0 aliphatic rings. The van der Waals surface area contributed by atoms with Crippen LogP contribution < -0.4 is 14.8 Å². The number of ether oxygens (including phenoxy) is 3. The molecule has 0 radical (unpaired) electrons. The van der Waals surface area contributed by atoms with E-state index in [4.69, 9.17) is 25.8 Å². The van der Waals surface area contributed by atoms with Crippen molar-refractivity contribution in [1.82, 2.24) is 5.32 Å². The summed E-state index contributed by atoms with van der Waals surface area (Å²) in [5.74, 6) is 1.28. The van der Waals surface area contributed by atoms with Gasteiger partial charge in [0.05, 0.1) is 17.7 Å². The van der Waals surface area contributed by atoms with Gasteiger partial charge in [-0.2, -0.15) is 0 Å². The van der Waals surface area contributed by atoms with Gasteiger partial charge in [-0.15, -0.1) is 0 Å². The average molecular weight is 392 g/mol. The summed E-state index contributed by atoms with van der Waals surface area (Å²) in [6.45, 7) is 9.44. The highest BCUT2D eigenvalue weighted by atomic mass is 35.5. The SMILES string of the molecule is CCOc1cc(CNCCCOC(C)C)cc(Cl)c1OCc1ccccc1. The molecule has 0 unspecified atom stereocenters. The third kappa shape index (κ3) is 7.79. The molecule has 0 aromatic heterocycles. The first kappa shape index (κ1) is 21.5. The molecule has 5 heteroatoms. The zero-order chi connectivity index (χ0) is 19.5. The van der Waals surface area contributed by atoms with Crippen molar-refractivity contribution in [3.63, 3.8) is 0 Å². The Kier molecular flexibility index (Phi) is 9.46. The number of hydrogen-bond acceptors (Lipinski definition) is 4. The summed E-state index contributed by atoms with van der Waals surface area (Å²) in [5.41, 5.74) is 2.16. The van der Waals surface area contributed by atoms with Crippen LogP contribution in [-0.4, -0.2) is 25.9 Å². The molecule has 0 fully saturated rings. The van der Waals surface area contributed by atoms with Gasteiger partial charge in [0.1, 0.15) is 6.61 Å². The summed E-state index contributed by atoms with van der Waals surface area (Å²) in [4.78, 5) is 0. The largest absolute Gasteiger partial charge is 0.490 e. The zero-order valence-electron chi connectivity index (χ0n) is 16.5. The molecule has 27 heavy (non-hydrogen) atoms. The fraction of sp³-hybridized carbons (Fsp3) is 0.455. The second-order valence-electron chi connectivity index (χ2n) is 6.56. The second-order valence-corrected chi connectivity index (χ2v) is 6.97. The molecule has 0 heterocycles. The topological polar surface area (TPSA) is 39.7 Å². The third-order valence-electron chi connectivity index (χ3n) is 3.87. The maximum absolute atomic E-state index is 6.48. The summed E-state index contributed by atoms with van der Waals surface area (Å²) in [6.07, 6.45) is 1.25. The van der Waals surface area contributed by atoms with Gasteiger partial charge in [-0.25, -0.2) is 0 Å². The molecular weight excluding hydrogens is 362 g/mol. The van der Waals surface area contributed by atoms with E-state index in [0.717, 1.165) is 37.2 Å². The van der Waals surface area contributed by atoms with E-state index in [9.17, 15) is 0 Å². The summed E-state index contributed by atoms with van der Waals surface area (Å²) in [7, 11) is 0. The van der Waals surface area contributed by atoms with Crippen LogP contribution in [0.2, 0.25) is 5.02 Å². The fourth-order valence-corrected chi connectivity index (χ4v) is 2.89. The van der Waals surface area contributed by atoms with Crippen LogP contribution in [0.5, 0.6) is 11.5 Å². The van der Waals surface area contributed by atoms with Gasteiger partial charge >= 0.3 is 0 Å². The number of rotatable bonds is 12. The number of benzene rings is 2. The summed E-state index contributed by atoms with van der Waals surface area (Å²) in [6, 6.07) is 13.9. The molecule has 0 atom stereocenters. The van der Waals surface area contributed by atoms with E-state index in [1.54, 1.807) is 0 Å². The Balaban J connectivity index is 1.93. The normalized spacial score (nSPS) is 11.0. The minimum atomic E-state index is 0.279. The van der Waals surface area contributed by atoms with Crippen LogP contribution in [0.1, 0.15) is 38.3 Å². The van der Waals surface area contributed by atoms with E-state index < -0.39 is 0 Å². The van der Waals surface area contributed by atoms with Crippen LogP contribution >= 0.6 is 11.6 Å². The molecule has 2 aromatic rings. The number of nitrogens with one attached hydrogen (secondary N) is 1. The van der Waals surface area contributed by atoms with Crippen molar-refractivity contribution in [3.8, 4) is 11.5 Å². The monoisotopic (exact) mass is 391 g/mol. The summed E-state index contributed by atoms with van der Waals surface area (Å²) < 4.78 is 17.3. The Labute approximate surface area is 167 Å². The van der Waals surface area contributed by atoms with Crippen molar-refractivity contribution >= 4 is 11.6 Å². The maximum atomic E-state index is 6.48. The number of halogens is 1. The molecule has 0 aliphatic carbocycles. The minimum Gasteiger partial charge on any atom is -0.490 e. The average Bonchev–Trinajstić information content (AvgIpc) is 2.65. The molecule has 0 saturated heterocycles. The van der Waals surface area contributed by atoms with Gasteiger partial charge in [-0.05, 0) is 57.0 Å². The lowest BCUT2D eigenvalue weighted by Crippen LogP contribution is -2.17. The molecule has 2 aromatic carbocycles. The van der Waals surface area contributed by atoms with Crippen LogP contribution in [0.15, 0.2) is 42.5 Å². The Morgan fingerprint density at radius 2 is 1.81 bits per heavy atom. The van der Waals surface area contributed by atoms with E-state index in [-0.39, 0.29) is 6.10 Å². The van der Waals surface area contributed by atoms with Crippen LogP contribution in [0.3, 0.4) is 0 Å². The zero-order valence-corrected chi connectivity index (χ0v) is 17.2. The van der Waals surface area contributed by atoms with Crippen molar-refractivity contribution < 1.29 is 14.2 Å². The molecule has 0 saturated carbocycles. The smallest absolute Gasteiger partial charge is 0.180 e. The molecule has 1 N–H and O–H groups in total. The van der Waals surface area contributed by atoms with E-state index in [2.05, 4.69) is 5.32 Å². The number of hydrogen-bond donors (Lipinski definition) is 1. The molecule has 4 nitrogen and oxygen atoms in total. The molecule has 0 amide bonds. The van der Waals surface area contributed by atoms with Crippen LogP contribution in [0.4, 0.5) is 0 Å². The van der Waals surface area contributed by atoms with Gasteiger partial charge in [0.2, 0.25) is 0 Å². The second kappa shape index (κ2) is 11.9. The summed E-state index contributed by atoms with van der Waals surface area (Å²) in [5, 5.41) is 3.98. The standard InChI is InChI=1S/C22H30ClNO3/c1-4-25-21-14-19(15-24-11-8-12-26-17(2)3)13-20(23)22(21)27-16-18-9-6-5-7-10-18/h5-7,9-10,13-14,17,24H,4,8,11-12,15-16H2,1-3H3. The van der Waals surface area contributed by atoms with Crippen molar-refractivity contribution in [2.45, 2.75) is 46.4 Å². The molecular formula is C22H30ClNO3. The Hall–Kier alpha value is -1.75. The fourth-order valence-electron chi connectivity index (χ4n) is 2.61. The Bertz CT molecular complexity index is 677. The van der Waals surface area contributed by atoms with Gasteiger partial charge in [0, 0.05) is 13.2 Å². The first-order valence-electron chi connectivity index (χ1n) is 9.54. The molecule has 0 aliphatic heterocycles. The van der Waals surface area contributed by atoms with Crippen molar-refractivity contribution in [1.29, 1.82) is 0 Å². The first-order valence-corrected chi connectivity index (χ1v) is 9.92. The maximum Gasteiger partial charge on any atom is 0.180 e. The van der Waals surface area contributed by atoms with Gasteiger partial charge in [-0.3, -0.25) is 0 Å². The van der Waals surface area contributed by atoms with Gasteiger partial charge in [0.15, 0.2) is 11.5 Å². The van der Waals surface area contributed by atoms with Crippen LogP contribution in [-0.2, 0) is 17.9 Å². The minimum absolute atomic E-state index is 0.279. The lowest BCUT2D eigenvalue weighted by molar-refractivity contribution is 0.0770. The predicted molar refractivity (Wildman–Crippen MR) is 111 cm³/mol. The quantitative estimate of drug-likeness (QED) is 0.503. The highest BCUT2D eigenvalue weighted by Crippen LogP contribution is 2.37. The van der Waals surface area contributed by atoms with Crippen molar-refractivity contribution in [2.75, 3.05) is 19.8 Å². The van der Waals surface area contributed by atoms with Gasteiger partial charge in [0.25, 0.3) is 0 Å². The van der Waals surface area contributed by atoms with Gasteiger partial charge < -0.3 is 19.5 Å². The van der Waals surface area contributed by atoms with Crippen molar-refractivity contribution in [2.24, 2.45) is 0 Å². The molecule has 0 bridgehead atoms. The highest BCUT2D eigenvalue weighted by molar-refractivity contribution is 6.32. The Morgan fingerprint density at radius 1 is 1.04 bits per heavy atom. The highest BCUT2D eigenvalue weighted by Gasteiger charge is 2.13. The van der Waals surface area contributed by atoms with Crippen LogP contribution in [0, 0.1) is 0 Å². The van der Waals surface area contributed by atoms with Gasteiger partial charge in [-0.1, -0.05) is 41.9 Å². The van der Waals surface area contributed by atoms with E-state index >= 15 is 0 Å². The van der Waals surface area contributed by atoms with E-state index in [0.29, 0.717) is 29.7 Å². The predicted octanol–water partition coefficient (Wildman–Crippen LogP) is 5.22. The van der Waals surface area contributed by atoms with Crippen molar-refractivity contribution in [3.05, 3.63) is 58.6 Å². The third-order valence-corrected chi connectivity index (χ3v) is 4.15. The van der Waals surface area contributed by atoms with Crippen LogP contribution in [0.25, 0.3) is 0 Å². The molecule has 2 rings (SSSR count). The van der Waals surface area contributed by atoms with E-state index in [1.807, 2.05) is 63.2 Å². The lowest BCUT2D eigenvalue weighted by Gasteiger charge is -2.16. The van der Waals surface area contributed by atoms with E-state index in [1.165, 1.54) is 0 Å².